The van der Waals surface area contributed by atoms with Gasteiger partial charge in [-0.15, -0.1) is 0 Å². The summed E-state index contributed by atoms with van der Waals surface area (Å²) < 4.78 is 26.1. The minimum Gasteiger partial charge on any atom is -0.368 e. The Balaban J connectivity index is 2.68. The van der Waals surface area contributed by atoms with Gasteiger partial charge in [-0.05, 0) is 83.1 Å². The molecule has 7 nitrogen and oxygen atoms in total. The summed E-state index contributed by atoms with van der Waals surface area (Å²) in [5.41, 5.74) is -2.13. The van der Waals surface area contributed by atoms with Gasteiger partial charge in [-0.2, -0.15) is 0 Å². The second-order valence-electron chi connectivity index (χ2n) is 12.6. The molecule has 0 saturated heterocycles. The van der Waals surface area contributed by atoms with Crippen molar-refractivity contribution < 1.29 is 28.5 Å². The van der Waals surface area contributed by atoms with Gasteiger partial charge in [-0.1, -0.05) is 0 Å². The SMILES string of the molecule is CC(C)(C)O[C@@H]1[C@@H](OC(C)(C)C)[C@@H](OC(C)(C)C)C(N2C(=O)C=CC2=O)[C@@H]1OC(C)(C)C. The summed E-state index contributed by atoms with van der Waals surface area (Å²) in [7, 11) is 0. The van der Waals surface area contributed by atoms with E-state index in [0.29, 0.717) is 0 Å². The van der Waals surface area contributed by atoms with Gasteiger partial charge < -0.3 is 18.9 Å². The normalized spacial score (nSPS) is 30.0. The van der Waals surface area contributed by atoms with Gasteiger partial charge in [0.15, 0.2) is 0 Å². The van der Waals surface area contributed by atoms with Gasteiger partial charge >= 0.3 is 0 Å². The highest BCUT2D eigenvalue weighted by molar-refractivity contribution is 6.13. The Labute approximate surface area is 193 Å². The first kappa shape index (κ1) is 27.0. The summed E-state index contributed by atoms with van der Waals surface area (Å²) in [4.78, 5) is 26.9. The molecule has 0 spiro atoms. The van der Waals surface area contributed by atoms with Crippen LogP contribution < -0.4 is 0 Å². The van der Waals surface area contributed by atoms with Crippen LogP contribution in [0.5, 0.6) is 0 Å². The van der Waals surface area contributed by atoms with Crippen LogP contribution in [0.1, 0.15) is 83.1 Å². The molecule has 0 aromatic rings. The number of hydrogen-bond acceptors (Lipinski definition) is 6. The summed E-state index contributed by atoms with van der Waals surface area (Å²) in [5, 5.41) is 0. The first-order valence-electron chi connectivity index (χ1n) is 11.5. The lowest BCUT2D eigenvalue weighted by atomic mass is 10.1. The zero-order valence-electron chi connectivity index (χ0n) is 21.9. The van der Waals surface area contributed by atoms with Crippen molar-refractivity contribution in [1.29, 1.82) is 0 Å². The van der Waals surface area contributed by atoms with Crippen LogP contribution in [0.25, 0.3) is 0 Å². The Morgan fingerprint density at radius 1 is 0.531 bits per heavy atom. The lowest BCUT2D eigenvalue weighted by Crippen LogP contribution is -2.55. The lowest BCUT2D eigenvalue weighted by Gasteiger charge is -2.38. The van der Waals surface area contributed by atoms with Gasteiger partial charge in [0.05, 0.1) is 28.4 Å². The van der Waals surface area contributed by atoms with Crippen molar-refractivity contribution in [2.75, 3.05) is 0 Å². The van der Waals surface area contributed by atoms with E-state index in [1.807, 2.05) is 83.1 Å². The van der Waals surface area contributed by atoms with E-state index in [0.717, 1.165) is 0 Å². The first-order chi connectivity index (χ1) is 14.2. The van der Waals surface area contributed by atoms with Crippen molar-refractivity contribution in [2.45, 2.75) is 136 Å². The molecule has 2 rings (SSSR count). The van der Waals surface area contributed by atoms with Gasteiger partial charge in [-0.25, -0.2) is 0 Å². The number of ether oxygens (including phenoxy) is 4. The van der Waals surface area contributed by atoms with Crippen molar-refractivity contribution in [1.82, 2.24) is 4.90 Å². The van der Waals surface area contributed by atoms with Gasteiger partial charge in [0.2, 0.25) is 0 Å². The van der Waals surface area contributed by atoms with Gasteiger partial charge in [0.1, 0.15) is 24.4 Å². The van der Waals surface area contributed by atoms with Crippen LogP contribution in [-0.2, 0) is 28.5 Å². The average molecular weight is 454 g/mol. The van der Waals surface area contributed by atoms with Crippen LogP contribution in [0.15, 0.2) is 12.2 Å². The molecule has 0 N–H and O–H groups in total. The molecule has 184 valence electrons. The number of imide groups is 1. The van der Waals surface area contributed by atoms with E-state index in [1.165, 1.54) is 17.1 Å². The maximum absolute atomic E-state index is 12.8. The van der Waals surface area contributed by atoms with Crippen LogP contribution in [0.3, 0.4) is 0 Å². The smallest absolute Gasteiger partial charge is 0.254 e. The number of carbonyl (C=O) groups excluding carboxylic acids is 2. The van der Waals surface area contributed by atoms with Crippen molar-refractivity contribution in [3.05, 3.63) is 12.2 Å². The molecule has 1 heterocycles. The molecule has 1 saturated carbocycles. The molecule has 0 unspecified atom stereocenters. The summed E-state index contributed by atoms with van der Waals surface area (Å²) in [6, 6.07) is -0.705. The van der Waals surface area contributed by atoms with E-state index in [4.69, 9.17) is 18.9 Å². The number of hydrogen-bond donors (Lipinski definition) is 0. The highest BCUT2D eigenvalue weighted by atomic mass is 16.6. The molecule has 0 bridgehead atoms. The Bertz CT molecular complexity index is 671. The Morgan fingerprint density at radius 3 is 1.03 bits per heavy atom. The van der Waals surface area contributed by atoms with Crippen LogP contribution in [0.4, 0.5) is 0 Å². The lowest BCUT2D eigenvalue weighted by molar-refractivity contribution is -0.212. The Hall–Kier alpha value is -1.28. The second kappa shape index (κ2) is 8.82. The molecule has 32 heavy (non-hydrogen) atoms. The highest BCUT2D eigenvalue weighted by Gasteiger charge is 2.61. The molecule has 0 aromatic heterocycles. The maximum atomic E-state index is 12.8. The van der Waals surface area contributed by atoms with Gasteiger partial charge in [0, 0.05) is 12.2 Å². The third-order valence-electron chi connectivity index (χ3n) is 4.74. The van der Waals surface area contributed by atoms with Crippen molar-refractivity contribution in [3.8, 4) is 0 Å². The molecule has 2 amide bonds. The zero-order valence-corrected chi connectivity index (χ0v) is 21.9. The summed E-state index contributed by atoms with van der Waals surface area (Å²) >= 11 is 0. The monoisotopic (exact) mass is 453 g/mol. The number of carbonyl (C=O) groups is 2. The Morgan fingerprint density at radius 2 is 0.781 bits per heavy atom. The largest absolute Gasteiger partial charge is 0.368 e. The van der Waals surface area contributed by atoms with E-state index in [-0.39, 0.29) is 11.8 Å². The highest BCUT2D eigenvalue weighted by Crippen LogP contribution is 2.41. The summed E-state index contributed by atoms with van der Waals surface area (Å²) in [6.07, 6.45) is 0.187. The standard InChI is InChI=1S/C25H43NO6/c1-22(2,3)29-18-17(26-15(27)13-14-16(26)28)19(30-23(4,5)6)21(32-25(10,11)12)20(18)31-24(7,8)9/h13-14,17-21H,1-12H3/t18-,19-,20-,21-/m0/s1. The quantitative estimate of drug-likeness (QED) is 0.585. The average Bonchev–Trinajstić information content (AvgIpc) is 2.94. The predicted octanol–water partition coefficient (Wildman–Crippen LogP) is 4.03. The minimum absolute atomic E-state index is 0.379. The molecular weight excluding hydrogens is 410 g/mol. The number of rotatable bonds is 5. The Kier molecular flexibility index (Phi) is 7.43. The first-order valence-corrected chi connectivity index (χ1v) is 11.5. The number of nitrogens with zero attached hydrogens (tertiary/aromatic N) is 1. The topological polar surface area (TPSA) is 74.3 Å². The predicted molar refractivity (Wildman–Crippen MR) is 123 cm³/mol. The molecule has 0 radical (unpaired) electrons. The second-order valence-corrected chi connectivity index (χ2v) is 12.6. The molecule has 1 fully saturated rings. The van der Waals surface area contributed by atoms with E-state index in [2.05, 4.69) is 0 Å². The van der Waals surface area contributed by atoms with E-state index in [9.17, 15) is 9.59 Å². The van der Waals surface area contributed by atoms with Crippen LogP contribution >= 0.6 is 0 Å². The van der Waals surface area contributed by atoms with Crippen LogP contribution in [-0.4, -0.2) is 69.6 Å². The molecule has 7 heteroatoms. The summed E-state index contributed by atoms with van der Waals surface area (Å²) in [6.45, 7) is 23.5. The third-order valence-corrected chi connectivity index (χ3v) is 4.74. The molecule has 2 aliphatic rings. The fourth-order valence-electron chi connectivity index (χ4n) is 4.12. The molecule has 1 aliphatic carbocycles. The fraction of sp³-hybridized carbons (Fsp3) is 0.840. The van der Waals surface area contributed by atoms with Crippen molar-refractivity contribution in [2.24, 2.45) is 0 Å². The van der Waals surface area contributed by atoms with Crippen molar-refractivity contribution in [3.63, 3.8) is 0 Å². The van der Waals surface area contributed by atoms with E-state index < -0.39 is 52.9 Å². The summed E-state index contributed by atoms with van der Waals surface area (Å²) in [5.74, 6) is -0.758. The minimum atomic E-state index is -0.705. The van der Waals surface area contributed by atoms with E-state index >= 15 is 0 Å². The van der Waals surface area contributed by atoms with Crippen LogP contribution in [0.2, 0.25) is 0 Å². The molecule has 0 aromatic carbocycles. The third kappa shape index (κ3) is 7.11. The van der Waals surface area contributed by atoms with Gasteiger partial charge in [0.25, 0.3) is 11.8 Å². The maximum Gasteiger partial charge on any atom is 0.254 e. The number of amides is 2. The van der Waals surface area contributed by atoms with E-state index in [1.54, 1.807) is 0 Å². The fourth-order valence-corrected chi connectivity index (χ4v) is 4.12. The zero-order chi connectivity index (χ0) is 24.9. The molecule has 1 aliphatic heterocycles. The molecular formula is C25H43NO6. The van der Waals surface area contributed by atoms with Crippen LogP contribution in [0, 0.1) is 0 Å². The van der Waals surface area contributed by atoms with Gasteiger partial charge in [-0.3, -0.25) is 14.5 Å². The van der Waals surface area contributed by atoms with Crippen molar-refractivity contribution >= 4 is 11.8 Å². The molecule has 4 atom stereocenters.